The molecule has 0 radical (unpaired) electrons. The third-order valence-electron chi connectivity index (χ3n) is 4.95. The summed E-state index contributed by atoms with van der Waals surface area (Å²) in [5.74, 6) is 0.488. The summed E-state index contributed by atoms with van der Waals surface area (Å²) in [5, 5.41) is 9.91. The lowest BCUT2D eigenvalue weighted by Gasteiger charge is -2.34. The van der Waals surface area contributed by atoms with Crippen molar-refractivity contribution in [3.63, 3.8) is 0 Å². The van der Waals surface area contributed by atoms with Gasteiger partial charge in [-0.1, -0.05) is 19.1 Å². The number of carbonyl (C=O) groups excluding carboxylic acids is 2. The average molecular weight is 316 g/mol. The Morgan fingerprint density at radius 1 is 1.26 bits per heavy atom. The van der Waals surface area contributed by atoms with E-state index in [1.807, 2.05) is 31.2 Å². The van der Waals surface area contributed by atoms with Crippen LogP contribution in [-0.2, 0) is 16.0 Å². The van der Waals surface area contributed by atoms with Crippen molar-refractivity contribution >= 4 is 17.5 Å². The summed E-state index contributed by atoms with van der Waals surface area (Å²) in [4.78, 5) is 27.7. The lowest BCUT2D eigenvalue weighted by atomic mass is 9.95. The first kappa shape index (κ1) is 16.0. The second kappa shape index (κ2) is 6.71. The fourth-order valence-electron chi connectivity index (χ4n) is 3.28. The number of hydrogen-bond acceptors (Lipinski definition) is 3. The molecule has 2 aliphatic rings. The maximum absolute atomic E-state index is 12.4. The van der Waals surface area contributed by atoms with Gasteiger partial charge in [-0.25, -0.2) is 0 Å². The highest BCUT2D eigenvalue weighted by molar-refractivity contribution is 5.95. The highest BCUT2D eigenvalue weighted by Gasteiger charge is 2.27. The number of nitrogens with zero attached hydrogens (tertiary/aromatic N) is 2. The van der Waals surface area contributed by atoms with Crippen LogP contribution in [0.4, 0.5) is 5.69 Å². The minimum Gasteiger partial charge on any atom is -0.391 e. The van der Waals surface area contributed by atoms with Gasteiger partial charge in [0, 0.05) is 31.7 Å². The van der Waals surface area contributed by atoms with Crippen LogP contribution >= 0.6 is 0 Å². The summed E-state index contributed by atoms with van der Waals surface area (Å²) in [6.45, 7) is 3.95. The summed E-state index contributed by atoms with van der Waals surface area (Å²) >= 11 is 0. The van der Waals surface area contributed by atoms with Crippen molar-refractivity contribution < 1.29 is 14.7 Å². The van der Waals surface area contributed by atoms with E-state index >= 15 is 0 Å². The van der Waals surface area contributed by atoms with E-state index in [9.17, 15) is 14.7 Å². The lowest BCUT2D eigenvalue weighted by molar-refractivity contribution is -0.134. The summed E-state index contributed by atoms with van der Waals surface area (Å²) < 4.78 is 0. The first-order chi connectivity index (χ1) is 11.0. The van der Waals surface area contributed by atoms with Crippen molar-refractivity contribution in [3.05, 3.63) is 29.8 Å². The maximum atomic E-state index is 12.4. The molecule has 2 atom stereocenters. The molecule has 0 spiro atoms. The molecule has 1 aromatic rings. The summed E-state index contributed by atoms with van der Waals surface area (Å²) in [6, 6.07) is 7.67. The topological polar surface area (TPSA) is 60.9 Å². The van der Waals surface area contributed by atoms with Crippen molar-refractivity contribution in [2.45, 2.75) is 38.7 Å². The molecule has 23 heavy (non-hydrogen) atoms. The normalized spacial score (nSPS) is 25.0. The van der Waals surface area contributed by atoms with E-state index in [1.54, 1.807) is 9.80 Å². The number of aliphatic hydroxyl groups is 1. The van der Waals surface area contributed by atoms with E-state index in [4.69, 9.17) is 0 Å². The first-order valence-corrected chi connectivity index (χ1v) is 8.40. The SMILES string of the molecule is CC1CCN(C(=O)Cc2ccc(N3CCCC3=O)cc2)CC1O. The van der Waals surface area contributed by atoms with E-state index in [-0.39, 0.29) is 17.7 Å². The largest absolute Gasteiger partial charge is 0.391 e. The van der Waals surface area contributed by atoms with Crippen LogP contribution < -0.4 is 4.90 Å². The third-order valence-corrected chi connectivity index (χ3v) is 4.95. The average Bonchev–Trinajstić information content (AvgIpc) is 2.97. The van der Waals surface area contributed by atoms with Gasteiger partial charge in [0.05, 0.1) is 12.5 Å². The zero-order chi connectivity index (χ0) is 16.4. The summed E-state index contributed by atoms with van der Waals surface area (Å²) in [5.41, 5.74) is 1.85. The monoisotopic (exact) mass is 316 g/mol. The van der Waals surface area contributed by atoms with E-state index in [1.165, 1.54) is 0 Å². The van der Waals surface area contributed by atoms with Crippen molar-refractivity contribution in [2.24, 2.45) is 5.92 Å². The standard InChI is InChI=1S/C18H24N2O3/c1-13-8-10-19(12-16(13)21)18(23)11-14-4-6-15(7-5-14)20-9-2-3-17(20)22/h4-7,13,16,21H,2-3,8-12H2,1H3. The van der Waals surface area contributed by atoms with E-state index in [0.29, 0.717) is 19.4 Å². The van der Waals surface area contributed by atoms with Gasteiger partial charge in [-0.2, -0.15) is 0 Å². The number of β-amino-alcohol motifs (C(OH)–C–C–N with tert-alkyl or cyclic N) is 1. The first-order valence-electron chi connectivity index (χ1n) is 8.40. The molecule has 1 N–H and O–H groups in total. The van der Waals surface area contributed by atoms with Crippen LogP contribution in [0.15, 0.2) is 24.3 Å². The van der Waals surface area contributed by atoms with Gasteiger partial charge in [0.25, 0.3) is 0 Å². The predicted octanol–water partition coefficient (Wildman–Crippen LogP) is 1.59. The predicted molar refractivity (Wildman–Crippen MR) is 88.1 cm³/mol. The lowest BCUT2D eigenvalue weighted by Crippen LogP contribution is -2.46. The number of hydrogen-bond donors (Lipinski definition) is 1. The molecule has 0 bridgehead atoms. The van der Waals surface area contributed by atoms with Gasteiger partial charge in [-0.15, -0.1) is 0 Å². The van der Waals surface area contributed by atoms with E-state index in [0.717, 1.165) is 37.2 Å². The van der Waals surface area contributed by atoms with Gasteiger partial charge in [-0.05, 0) is 36.5 Å². The fourth-order valence-corrected chi connectivity index (χ4v) is 3.28. The second-order valence-corrected chi connectivity index (χ2v) is 6.67. The Hall–Kier alpha value is -1.88. The van der Waals surface area contributed by atoms with E-state index in [2.05, 4.69) is 0 Å². The van der Waals surface area contributed by atoms with Crippen LogP contribution in [0.1, 0.15) is 31.7 Å². The third kappa shape index (κ3) is 3.55. The summed E-state index contributed by atoms with van der Waals surface area (Å²) in [6.07, 6.45) is 2.31. The molecule has 0 aromatic heterocycles. The van der Waals surface area contributed by atoms with Crippen molar-refractivity contribution in [3.8, 4) is 0 Å². The Labute approximate surface area is 136 Å². The molecule has 2 unspecified atom stereocenters. The maximum Gasteiger partial charge on any atom is 0.227 e. The molecule has 0 saturated carbocycles. The number of rotatable bonds is 3. The number of amides is 2. The molecular formula is C18H24N2O3. The van der Waals surface area contributed by atoms with Crippen molar-refractivity contribution in [2.75, 3.05) is 24.5 Å². The smallest absolute Gasteiger partial charge is 0.227 e. The molecule has 2 amide bonds. The van der Waals surface area contributed by atoms with E-state index < -0.39 is 6.10 Å². The van der Waals surface area contributed by atoms with Gasteiger partial charge in [0.15, 0.2) is 0 Å². The molecule has 2 heterocycles. The zero-order valence-electron chi connectivity index (χ0n) is 13.6. The van der Waals surface area contributed by atoms with Gasteiger partial charge >= 0.3 is 0 Å². The molecule has 124 valence electrons. The quantitative estimate of drug-likeness (QED) is 0.921. The van der Waals surface area contributed by atoms with Crippen LogP contribution in [0, 0.1) is 5.92 Å². The highest BCUT2D eigenvalue weighted by Crippen LogP contribution is 2.22. The van der Waals surface area contributed by atoms with Crippen molar-refractivity contribution in [1.82, 2.24) is 4.90 Å². The Bertz CT molecular complexity index is 584. The minimum absolute atomic E-state index is 0.0564. The van der Waals surface area contributed by atoms with Crippen LogP contribution in [0.25, 0.3) is 0 Å². The Morgan fingerprint density at radius 3 is 2.61 bits per heavy atom. The van der Waals surface area contributed by atoms with Gasteiger partial charge in [-0.3, -0.25) is 9.59 Å². The Balaban J connectivity index is 1.60. The van der Waals surface area contributed by atoms with Crippen LogP contribution in [0.2, 0.25) is 0 Å². The zero-order valence-corrected chi connectivity index (χ0v) is 13.6. The number of benzene rings is 1. The van der Waals surface area contributed by atoms with Crippen LogP contribution in [-0.4, -0.2) is 47.6 Å². The number of likely N-dealkylation sites (tertiary alicyclic amines) is 1. The fraction of sp³-hybridized carbons (Fsp3) is 0.556. The molecule has 2 saturated heterocycles. The molecule has 5 nitrogen and oxygen atoms in total. The van der Waals surface area contributed by atoms with Crippen LogP contribution in [0.5, 0.6) is 0 Å². The van der Waals surface area contributed by atoms with Gasteiger partial charge in [0.2, 0.25) is 11.8 Å². The second-order valence-electron chi connectivity index (χ2n) is 6.67. The van der Waals surface area contributed by atoms with Crippen LogP contribution in [0.3, 0.4) is 0 Å². The highest BCUT2D eigenvalue weighted by atomic mass is 16.3. The number of anilines is 1. The summed E-state index contributed by atoms with van der Waals surface area (Å²) in [7, 11) is 0. The molecular weight excluding hydrogens is 292 g/mol. The number of aliphatic hydroxyl groups excluding tert-OH is 1. The molecule has 3 rings (SSSR count). The Kier molecular flexibility index (Phi) is 4.66. The molecule has 5 heteroatoms. The molecule has 0 aliphatic carbocycles. The Morgan fingerprint density at radius 2 is 2.00 bits per heavy atom. The molecule has 2 aliphatic heterocycles. The van der Waals surface area contributed by atoms with Gasteiger partial charge < -0.3 is 14.9 Å². The van der Waals surface area contributed by atoms with Gasteiger partial charge in [0.1, 0.15) is 0 Å². The van der Waals surface area contributed by atoms with Crippen molar-refractivity contribution in [1.29, 1.82) is 0 Å². The number of carbonyl (C=O) groups is 2. The minimum atomic E-state index is -0.420. The molecule has 2 fully saturated rings. The molecule has 1 aromatic carbocycles. The number of piperidine rings is 1.